The van der Waals surface area contributed by atoms with E-state index in [1.165, 1.54) is 0 Å². The molecule has 0 atom stereocenters. The van der Waals surface area contributed by atoms with E-state index in [9.17, 15) is 9.59 Å². The van der Waals surface area contributed by atoms with Crippen molar-refractivity contribution < 1.29 is 14.3 Å². The van der Waals surface area contributed by atoms with E-state index in [1.807, 2.05) is 53.4 Å². The Morgan fingerprint density at radius 1 is 0.966 bits per heavy atom. The lowest BCUT2D eigenvalue weighted by Gasteiger charge is -2.29. The second-order valence-electron chi connectivity index (χ2n) is 7.28. The summed E-state index contributed by atoms with van der Waals surface area (Å²) in [5.74, 6) is 0.845. The lowest BCUT2D eigenvalue weighted by Crippen LogP contribution is -2.37. The summed E-state index contributed by atoms with van der Waals surface area (Å²) in [5, 5.41) is 0. The number of nitrogens with zero attached hydrogens (tertiary/aromatic N) is 1. The summed E-state index contributed by atoms with van der Waals surface area (Å²) in [4.78, 5) is 27.4. The number of benzene rings is 3. The van der Waals surface area contributed by atoms with Gasteiger partial charge < -0.3 is 9.64 Å². The van der Waals surface area contributed by atoms with Crippen molar-refractivity contribution in [2.75, 3.05) is 13.7 Å². The van der Waals surface area contributed by atoms with Crippen LogP contribution in [0.1, 0.15) is 37.4 Å². The number of fused-ring (bicyclic) bond motifs is 1. The minimum Gasteiger partial charge on any atom is -0.497 e. The van der Waals surface area contributed by atoms with Gasteiger partial charge in [-0.15, -0.1) is 0 Å². The molecule has 3 aromatic rings. The number of rotatable bonds is 6. The Kier molecular flexibility index (Phi) is 5.43. The number of ether oxygens (including phenoxy) is 1. The molecule has 1 aliphatic heterocycles. The Bertz CT molecular complexity index is 1030. The van der Waals surface area contributed by atoms with Crippen LogP contribution in [0.3, 0.4) is 0 Å². The van der Waals surface area contributed by atoms with Gasteiger partial charge in [-0.25, -0.2) is 0 Å². The van der Waals surface area contributed by atoms with Crippen molar-refractivity contribution in [2.45, 2.75) is 19.4 Å². The van der Waals surface area contributed by atoms with Crippen molar-refractivity contribution in [3.8, 4) is 5.75 Å². The normalized spacial score (nSPS) is 13.1. The molecule has 0 saturated heterocycles. The molecule has 0 unspecified atom stereocenters. The van der Waals surface area contributed by atoms with Crippen LogP contribution in [-0.2, 0) is 19.4 Å². The monoisotopic (exact) mass is 385 g/mol. The maximum atomic E-state index is 12.9. The summed E-state index contributed by atoms with van der Waals surface area (Å²) in [6.45, 7) is 1.31. The van der Waals surface area contributed by atoms with Gasteiger partial charge in [0.1, 0.15) is 5.75 Å². The molecule has 0 radical (unpaired) electrons. The fourth-order valence-corrected chi connectivity index (χ4v) is 3.72. The first-order valence-corrected chi connectivity index (χ1v) is 9.76. The maximum Gasteiger partial charge on any atom is 0.254 e. The molecule has 0 spiro atoms. The average molecular weight is 385 g/mol. The molecule has 0 N–H and O–H groups in total. The van der Waals surface area contributed by atoms with Crippen molar-refractivity contribution in [2.24, 2.45) is 0 Å². The van der Waals surface area contributed by atoms with Gasteiger partial charge in [0.15, 0.2) is 5.78 Å². The predicted molar refractivity (Wildman–Crippen MR) is 112 cm³/mol. The number of hydrogen-bond donors (Lipinski definition) is 0. The highest BCUT2D eigenvalue weighted by Gasteiger charge is 2.24. The Hall–Kier alpha value is -3.40. The molecular weight excluding hydrogens is 362 g/mol. The molecule has 0 bridgehead atoms. The highest BCUT2D eigenvalue weighted by Crippen LogP contribution is 2.23. The smallest absolute Gasteiger partial charge is 0.254 e. The molecule has 4 rings (SSSR count). The van der Waals surface area contributed by atoms with Gasteiger partial charge in [0.2, 0.25) is 0 Å². The third-order valence-electron chi connectivity index (χ3n) is 5.33. The number of hydrogen-bond acceptors (Lipinski definition) is 3. The van der Waals surface area contributed by atoms with E-state index < -0.39 is 0 Å². The van der Waals surface area contributed by atoms with Crippen LogP contribution in [0.2, 0.25) is 0 Å². The van der Waals surface area contributed by atoms with Gasteiger partial charge in [-0.3, -0.25) is 9.59 Å². The molecule has 0 fully saturated rings. The lowest BCUT2D eigenvalue weighted by atomic mass is 9.94. The largest absolute Gasteiger partial charge is 0.497 e. The predicted octanol–water partition coefficient (Wildman–Crippen LogP) is 4.32. The molecule has 0 saturated carbocycles. The van der Waals surface area contributed by atoms with E-state index in [-0.39, 0.29) is 11.7 Å². The van der Waals surface area contributed by atoms with E-state index >= 15 is 0 Å². The second-order valence-corrected chi connectivity index (χ2v) is 7.28. The van der Waals surface area contributed by atoms with Gasteiger partial charge in [-0.1, -0.05) is 42.5 Å². The minimum atomic E-state index is 0.0560. The molecule has 0 aliphatic carbocycles. The highest BCUT2D eigenvalue weighted by molar-refractivity contribution is 5.99. The third kappa shape index (κ3) is 4.21. The topological polar surface area (TPSA) is 46.6 Å². The van der Waals surface area contributed by atoms with Gasteiger partial charge >= 0.3 is 0 Å². The summed E-state index contributed by atoms with van der Waals surface area (Å²) >= 11 is 0. The number of carbonyl (C=O) groups is 2. The van der Waals surface area contributed by atoms with E-state index in [2.05, 4.69) is 0 Å². The molecule has 0 aromatic heterocycles. The van der Waals surface area contributed by atoms with Crippen molar-refractivity contribution in [3.05, 3.63) is 101 Å². The third-order valence-corrected chi connectivity index (χ3v) is 5.33. The Balaban J connectivity index is 1.46. The summed E-state index contributed by atoms with van der Waals surface area (Å²) in [6.07, 6.45) is 1.13. The van der Waals surface area contributed by atoms with Crippen LogP contribution in [-0.4, -0.2) is 30.2 Å². The van der Waals surface area contributed by atoms with E-state index in [0.717, 1.165) is 34.4 Å². The molecule has 4 nitrogen and oxygen atoms in total. The zero-order valence-electron chi connectivity index (χ0n) is 16.4. The first-order chi connectivity index (χ1) is 14.1. The zero-order valence-corrected chi connectivity index (χ0v) is 16.4. The Labute approximate surface area is 170 Å². The molecule has 1 heterocycles. The van der Waals surface area contributed by atoms with Gasteiger partial charge in [0, 0.05) is 30.6 Å². The van der Waals surface area contributed by atoms with Crippen LogP contribution in [0.4, 0.5) is 0 Å². The molecular formula is C25H23NO3. The fraction of sp³-hybridized carbons (Fsp3) is 0.200. The van der Waals surface area contributed by atoms with Gasteiger partial charge in [0.25, 0.3) is 5.91 Å². The number of carbonyl (C=O) groups excluding carboxylic acids is 2. The lowest BCUT2D eigenvalue weighted by molar-refractivity contribution is 0.0727. The fourth-order valence-electron chi connectivity index (χ4n) is 3.72. The number of Topliss-reactive ketones (excluding diaryl/α,β-unsaturated/α-hetero) is 1. The molecule has 3 aromatic carbocycles. The van der Waals surface area contributed by atoms with Crippen molar-refractivity contribution in [1.29, 1.82) is 0 Å². The number of methoxy groups -OCH3 is 1. The molecule has 4 heteroatoms. The van der Waals surface area contributed by atoms with E-state index in [4.69, 9.17) is 4.74 Å². The molecule has 29 heavy (non-hydrogen) atoms. The Morgan fingerprint density at radius 3 is 2.45 bits per heavy atom. The number of ketones is 1. The van der Waals surface area contributed by atoms with Crippen LogP contribution >= 0.6 is 0 Å². The second kappa shape index (κ2) is 8.31. The van der Waals surface area contributed by atoms with Gasteiger partial charge in [-0.05, 0) is 53.4 Å². The van der Waals surface area contributed by atoms with Crippen LogP contribution in [0.5, 0.6) is 5.75 Å². The molecule has 1 aliphatic rings. The average Bonchev–Trinajstić information content (AvgIpc) is 2.76. The standard InChI is InChI=1S/C25H23NO3/c1-29-22-10-8-20(9-11-22)24(27)16-19-7-12-23-21(15-19)13-14-26(25(23)28)17-18-5-3-2-4-6-18/h2-12,15H,13-14,16-17H2,1H3. The first kappa shape index (κ1) is 18.9. The van der Waals surface area contributed by atoms with Crippen molar-refractivity contribution in [3.63, 3.8) is 0 Å². The maximum absolute atomic E-state index is 12.9. The SMILES string of the molecule is COc1ccc(C(=O)Cc2ccc3c(c2)CCN(Cc2ccccc2)C3=O)cc1. The molecule has 146 valence electrons. The van der Waals surface area contributed by atoms with E-state index in [1.54, 1.807) is 31.4 Å². The summed E-state index contributed by atoms with van der Waals surface area (Å²) < 4.78 is 5.14. The van der Waals surface area contributed by atoms with Crippen molar-refractivity contribution in [1.82, 2.24) is 4.90 Å². The summed E-state index contributed by atoms with van der Waals surface area (Å²) in [5.41, 5.74) is 4.50. The van der Waals surface area contributed by atoms with Crippen molar-refractivity contribution >= 4 is 11.7 Å². The summed E-state index contributed by atoms with van der Waals surface area (Å²) in [6, 6.07) is 23.0. The Morgan fingerprint density at radius 2 is 1.72 bits per heavy atom. The highest BCUT2D eigenvalue weighted by atomic mass is 16.5. The molecule has 1 amide bonds. The van der Waals surface area contributed by atoms with Gasteiger partial charge in [0.05, 0.1) is 7.11 Å². The van der Waals surface area contributed by atoms with Crippen LogP contribution in [0.15, 0.2) is 72.8 Å². The van der Waals surface area contributed by atoms with Gasteiger partial charge in [-0.2, -0.15) is 0 Å². The van der Waals surface area contributed by atoms with Crippen LogP contribution in [0, 0.1) is 0 Å². The first-order valence-electron chi connectivity index (χ1n) is 9.76. The minimum absolute atomic E-state index is 0.0560. The zero-order chi connectivity index (χ0) is 20.2. The van der Waals surface area contributed by atoms with Crippen LogP contribution < -0.4 is 4.74 Å². The quantitative estimate of drug-likeness (QED) is 0.594. The van der Waals surface area contributed by atoms with E-state index in [0.29, 0.717) is 25.1 Å². The van der Waals surface area contributed by atoms with Crippen LogP contribution in [0.25, 0.3) is 0 Å². The number of amides is 1. The summed E-state index contributed by atoms with van der Waals surface area (Å²) in [7, 11) is 1.60.